The van der Waals surface area contributed by atoms with E-state index in [1.165, 1.54) is 0 Å². The fourth-order valence-electron chi connectivity index (χ4n) is 1.000. The van der Waals surface area contributed by atoms with Crippen LogP contribution >= 0.6 is 0 Å². The minimum atomic E-state index is 0.374. The van der Waals surface area contributed by atoms with Crippen molar-refractivity contribution in [1.29, 1.82) is 0 Å². The molecule has 0 radical (unpaired) electrons. The summed E-state index contributed by atoms with van der Waals surface area (Å²) in [6.45, 7) is 6.07. The number of terminal acetylenes is 1. The lowest BCUT2D eigenvalue weighted by Gasteiger charge is -2.06. The average molecular weight is 210 g/mol. The Morgan fingerprint density at radius 2 is 2.00 bits per heavy atom. The highest BCUT2D eigenvalue weighted by Crippen LogP contribution is 2.16. The largest absolute Gasteiger partial charge is 0.500 e. The molecule has 0 aromatic carbocycles. The molecule has 1 atom stereocenters. The molecule has 0 saturated heterocycles. The summed E-state index contributed by atoms with van der Waals surface area (Å²) in [6.07, 6.45) is 11.7. The highest BCUT2D eigenvalue weighted by molar-refractivity contribution is 5.83. The topological polar surface area (TPSA) is 47.6 Å². The van der Waals surface area contributed by atoms with Gasteiger partial charge in [0.05, 0.1) is 13.3 Å². The number of hydrogen-bond acceptors (Lipinski definition) is 3. The molecule has 86 valence electrons. The summed E-state index contributed by atoms with van der Waals surface area (Å²) in [7, 11) is 1.66. The molecule has 3 nitrogen and oxygen atoms in total. The van der Waals surface area contributed by atoms with Crippen LogP contribution < -0.4 is 5.73 Å². The van der Waals surface area contributed by atoms with E-state index in [1.807, 2.05) is 13.8 Å². The second kappa shape index (κ2) is 10.6. The van der Waals surface area contributed by atoms with Crippen molar-refractivity contribution < 1.29 is 4.74 Å². The van der Waals surface area contributed by atoms with Gasteiger partial charge in [-0.25, -0.2) is 4.99 Å². The average Bonchev–Trinajstić information content (AvgIpc) is 2.48. The molecular formula is C12H22N2O. The highest BCUT2D eigenvalue weighted by Gasteiger charge is 2.11. The van der Waals surface area contributed by atoms with Gasteiger partial charge in [0.1, 0.15) is 11.6 Å². The van der Waals surface area contributed by atoms with Crippen molar-refractivity contribution in [2.45, 2.75) is 33.6 Å². The minimum Gasteiger partial charge on any atom is -0.500 e. The Bertz CT molecular complexity index is 223. The molecule has 0 fully saturated rings. The lowest BCUT2D eigenvalue weighted by molar-refractivity contribution is 0.273. The quantitative estimate of drug-likeness (QED) is 0.676. The molecule has 2 N–H and O–H groups in total. The van der Waals surface area contributed by atoms with Gasteiger partial charge in [-0.05, 0) is 6.42 Å². The predicted octanol–water partition coefficient (Wildman–Crippen LogP) is 2.54. The number of rotatable bonds is 1. The van der Waals surface area contributed by atoms with Crippen molar-refractivity contribution >= 4 is 5.84 Å². The molecule has 1 aliphatic rings. The summed E-state index contributed by atoms with van der Waals surface area (Å²) in [5.74, 6) is 1.99. The normalized spacial score (nSPS) is 18.9. The van der Waals surface area contributed by atoms with Gasteiger partial charge < -0.3 is 10.5 Å². The van der Waals surface area contributed by atoms with E-state index in [0.29, 0.717) is 11.8 Å². The second-order valence-electron chi connectivity index (χ2n) is 2.79. The smallest absolute Gasteiger partial charge is 0.114 e. The fraction of sp³-hybridized carbons (Fsp3) is 0.583. The van der Waals surface area contributed by atoms with Gasteiger partial charge in [-0.15, -0.1) is 12.8 Å². The second-order valence-corrected chi connectivity index (χ2v) is 2.79. The van der Waals surface area contributed by atoms with Crippen LogP contribution in [0.5, 0.6) is 0 Å². The van der Waals surface area contributed by atoms with E-state index >= 15 is 0 Å². The van der Waals surface area contributed by atoms with Crippen molar-refractivity contribution in [2.24, 2.45) is 16.6 Å². The Balaban J connectivity index is 0. The van der Waals surface area contributed by atoms with Gasteiger partial charge in [-0.2, -0.15) is 0 Å². The van der Waals surface area contributed by atoms with E-state index in [1.54, 1.807) is 13.3 Å². The third kappa shape index (κ3) is 6.62. The zero-order valence-corrected chi connectivity index (χ0v) is 10.2. The molecule has 15 heavy (non-hydrogen) atoms. The van der Waals surface area contributed by atoms with Gasteiger partial charge in [-0.3, -0.25) is 0 Å². The molecule has 0 aromatic heterocycles. The van der Waals surface area contributed by atoms with Crippen molar-refractivity contribution in [3.05, 3.63) is 12.0 Å². The molecule has 3 heteroatoms. The van der Waals surface area contributed by atoms with Gasteiger partial charge in [-0.1, -0.05) is 20.8 Å². The zero-order valence-electron chi connectivity index (χ0n) is 10.2. The molecule has 1 rings (SSSR count). The first-order chi connectivity index (χ1) is 7.24. The van der Waals surface area contributed by atoms with E-state index in [0.717, 1.165) is 18.6 Å². The summed E-state index contributed by atoms with van der Waals surface area (Å²) < 4.78 is 5.07. The lowest BCUT2D eigenvalue weighted by Crippen LogP contribution is -2.19. The Kier molecular flexibility index (Phi) is 11.4. The van der Waals surface area contributed by atoms with Gasteiger partial charge in [0, 0.05) is 12.3 Å². The maximum atomic E-state index is 5.65. The molecule has 1 aliphatic heterocycles. The number of hydrogen-bond donors (Lipinski definition) is 1. The first-order valence-electron chi connectivity index (χ1n) is 5.13. The van der Waals surface area contributed by atoms with Crippen LogP contribution in [0.1, 0.15) is 33.6 Å². The monoisotopic (exact) mass is 210 g/mol. The van der Waals surface area contributed by atoms with E-state index in [2.05, 4.69) is 24.8 Å². The maximum absolute atomic E-state index is 5.65. The number of nitrogens with two attached hydrogens (primary N) is 1. The molecule has 0 saturated carbocycles. The fourth-order valence-corrected chi connectivity index (χ4v) is 1.000. The Labute approximate surface area is 93.4 Å². The van der Waals surface area contributed by atoms with E-state index in [-0.39, 0.29) is 0 Å². The molecule has 0 aliphatic carbocycles. The van der Waals surface area contributed by atoms with Crippen LogP contribution in [0.4, 0.5) is 0 Å². The van der Waals surface area contributed by atoms with Gasteiger partial charge in [0.25, 0.3) is 0 Å². The molecule has 0 amide bonds. The van der Waals surface area contributed by atoms with Crippen LogP contribution in [-0.4, -0.2) is 12.9 Å². The number of allylic oxidation sites excluding steroid dienone is 1. The summed E-state index contributed by atoms with van der Waals surface area (Å²) >= 11 is 0. The van der Waals surface area contributed by atoms with Crippen molar-refractivity contribution in [1.82, 2.24) is 0 Å². The number of methoxy groups -OCH3 is 1. The van der Waals surface area contributed by atoms with Crippen LogP contribution in [0.2, 0.25) is 0 Å². The number of ether oxygens (including phenoxy) is 1. The molecule has 1 heterocycles. The number of aliphatic imine (C=N–C) groups is 1. The summed E-state index contributed by atoms with van der Waals surface area (Å²) in [4.78, 5) is 4.06. The molecular weight excluding hydrogens is 188 g/mol. The molecule has 1 unspecified atom stereocenters. The summed E-state index contributed by atoms with van der Waals surface area (Å²) in [5.41, 5.74) is 5.65. The number of nitrogens with zero attached hydrogens (tertiary/aromatic N) is 1. The first kappa shape index (κ1) is 16.0. The Morgan fingerprint density at radius 3 is 2.47 bits per heavy atom. The zero-order chi connectivity index (χ0) is 12.3. The number of amidine groups is 1. The summed E-state index contributed by atoms with van der Waals surface area (Å²) in [6, 6.07) is 0. The van der Waals surface area contributed by atoms with Gasteiger partial charge in [0.2, 0.25) is 0 Å². The lowest BCUT2D eigenvalue weighted by atomic mass is 10.1. The molecule has 0 spiro atoms. The van der Waals surface area contributed by atoms with E-state index in [9.17, 15) is 0 Å². The minimum absolute atomic E-state index is 0.374. The Morgan fingerprint density at radius 1 is 1.47 bits per heavy atom. The van der Waals surface area contributed by atoms with Gasteiger partial charge >= 0.3 is 0 Å². The maximum Gasteiger partial charge on any atom is 0.114 e. The van der Waals surface area contributed by atoms with E-state index in [4.69, 9.17) is 10.5 Å². The predicted molar refractivity (Wildman–Crippen MR) is 66.4 cm³/mol. The van der Waals surface area contributed by atoms with E-state index < -0.39 is 0 Å². The SMILES string of the molecule is C#C.CC.COC1=CN=C(N)C(C)CC1. The summed E-state index contributed by atoms with van der Waals surface area (Å²) in [5, 5.41) is 0. The highest BCUT2D eigenvalue weighted by atomic mass is 16.5. The molecule has 0 bridgehead atoms. The third-order valence-electron chi connectivity index (χ3n) is 1.95. The van der Waals surface area contributed by atoms with Crippen LogP contribution in [0.15, 0.2) is 17.0 Å². The van der Waals surface area contributed by atoms with Crippen molar-refractivity contribution in [3.8, 4) is 12.8 Å². The Hall–Kier alpha value is -1.43. The van der Waals surface area contributed by atoms with Crippen LogP contribution in [-0.2, 0) is 4.74 Å². The van der Waals surface area contributed by atoms with Crippen molar-refractivity contribution in [3.63, 3.8) is 0 Å². The van der Waals surface area contributed by atoms with Crippen molar-refractivity contribution in [2.75, 3.05) is 7.11 Å². The standard InChI is InChI=1S/C8H14N2O.C2H6.C2H2/c1-6-3-4-7(11-2)5-10-8(6)9;2*1-2/h5-6H,3-4H2,1-2H3,(H2,9,10);1-2H3;1-2H. The first-order valence-corrected chi connectivity index (χ1v) is 5.13. The third-order valence-corrected chi connectivity index (χ3v) is 1.95. The van der Waals surface area contributed by atoms with Gasteiger partial charge in [0.15, 0.2) is 0 Å². The van der Waals surface area contributed by atoms with Crippen LogP contribution in [0, 0.1) is 18.8 Å². The van der Waals surface area contributed by atoms with Crippen LogP contribution in [0.25, 0.3) is 0 Å². The van der Waals surface area contributed by atoms with Crippen LogP contribution in [0.3, 0.4) is 0 Å². The molecule has 0 aromatic rings.